The van der Waals surface area contributed by atoms with Crippen molar-refractivity contribution in [2.75, 3.05) is 14.1 Å². The van der Waals surface area contributed by atoms with E-state index in [1.54, 1.807) is 0 Å². The highest BCUT2D eigenvalue weighted by molar-refractivity contribution is 6.31. The van der Waals surface area contributed by atoms with E-state index in [0.717, 1.165) is 33.6 Å². The molecule has 0 aliphatic rings. The molecule has 0 aliphatic heterocycles. The molecule has 0 N–H and O–H groups in total. The number of rotatable bonds is 4. The minimum Gasteiger partial charge on any atom is -0.288 e. The lowest BCUT2D eigenvalue weighted by Gasteiger charge is -2.24. The Hall–Kier alpha value is -1.55. The van der Waals surface area contributed by atoms with Gasteiger partial charge < -0.3 is 0 Å². The molecule has 0 spiro atoms. The normalized spacial score (nSPS) is 12.4. The van der Waals surface area contributed by atoms with Crippen molar-refractivity contribution in [3.63, 3.8) is 0 Å². The molecular formula is C18H21Cl2N3. The molecule has 1 heterocycles. The van der Waals surface area contributed by atoms with Gasteiger partial charge in [0.1, 0.15) is 11.9 Å². The summed E-state index contributed by atoms with van der Waals surface area (Å²) in [6.07, 6.45) is 1.21. The molecule has 3 aromatic rings. The third kappa shape index (κ3) is 3.37. The molecule has 3 rings (SSSR count). The molecule has 3 nitrogen and oxygen atoms in total. The Morgan fingerprint density at radius 3 is 2.43 bits per heavy atom. The van der Waals surface area contributed by atoms with Gasteiger partial charge in [0.05, 0.1) is 5.52 Å². The van der Waals surface area contributed by atoms with Gasteiger partial charge in [0.2, 0.25) is 0 Å². The average Bonchev–Trinajstić information content (AvgIpc) is 2.87. The Morgan fingerprint density at radius 1 is 1.13 bits per heavy atom. The van der Waals surface area contributed by atoms with Crippen LogP contribution in [0.15, 0.2) is 48.5 Å². The van der Waals surface area contributed by atoms with E-state index in [9.17, 15) is 0 Å². The molecule has 0 aliphatic carbocycles. The number of benzene rings is 2. The van der Waals surface area contributed by atoms with Crippen LogP contribution in [-0.4, -0.2) is 28.8 Å². The van der Waals surface area contributed by atoms with E-state index in [0.29, 0.717) is 0 Å². The number of aromatic nitrogens is 2. The van der Waals surface area contributed by atoms with Gasteiger partial charge in [-0.1, -0.05) is 48.9 Å². The van der Waals surface area contributed by atoms with Gasteiger partial charge >= 0.3 is 0 Å². The molecule has 1 aromatic heterocycles. The van der Waals surface area contributed by atoms with Gasteiger partial charge in [0.15, 0.2) is 0 Å². The third-order valence-electron chi connectivity index (χ3n) is 3.96. The zero-order valence-corrected chi connectivity index (χ0v) is 15.1. The first-order valence-corrected chi connectivity index (χ1v) is 7.89. The lowest BCUT2D eigenvalue weighted by molar-refractivity contribution is 0.199. The van der Waals surface area contributed by atoms with Gasteiger partial charge in [-0.15, -0.1) is 12.4 Å². The largest absolute Gasteiger partial charge is 0.288 e. The second-order valence-corrected chi connectivity index (χ2v) is 6.11. The summed E-state index contributed by atoms with van der Waals surface area (Å²) < 4.78 is 2.11. The molecule has 1 unspecified atom stereocenters. The van der Waals surface area contributed by atoms with Crippen LogP contribution in [0.3, 0.4) is 0 Å². The van der Waals surface area contributed by atoms with Crippen LogP contribution in [0.4, 0.5) is 0 Å². The molecular weight excluding hydrogens is 329 g/mol. The first-order chi connectivity index (χ1) is 10.6. The van der Waals surface area contributed by atoms with E-state index >= 15 is 0 Å². The SMILES string of the molecule is CCC(N(C)C)n1nc(-c2ccccc2)c2cc(Cl)ccc21.Cl. The van der Waals surface area contributed by atoms with Gasteiger partial charge in [-0.05, 0) is 38.7 Å². The monoisotopic (exact) mass is 349 g/mol. The fraction of sp³-hybridized carbons (Fsp3) is 0.278. The van der Waals surface area contributed by atoms with Crippen molar-refractivity contribution in [3.05, 3.63) is 53.6 Å². The number of hydrogen-bond donors (Lipinski definition) is 0. The molecule has 122 valence electrons. The zero-order chi connectivity index (χ0) is 15.7. The van der Waals surface area contributed by atoms with E-state index in [-0.39, 0.29) is 18.6 Å². The molecule has 5 heteroatoms. The van der Waals surface area contributed by atoms with Gasteiger partial charge in [0, 0.05) is 16.0 Å². The first kappa shape index (κ1) is 17.8. The second kappa shape index (κ2) is 7.35. The fourth-order valence-electron chi connectivity index (χ4n) is 2.91. The number of halogens is 2. The van der Waals surface area contributed by atoms with Crippen molar-refractivity contribution in [2.45, 2.75) is 19.5 Å². The van der Waals surface area contributed by atoms with Gasteiger partial charge in [-0.3, -0.25) is 4.90 Å². The van der Waals surface area contributed by atoms with Crippen molar-refractivity contribution in [2.24, 2.45) is 0 Å². The van der Waals surface area contributed by atoms with Crippen LogP contribution in [0.1, 0.15) is 19.5 Å². The molecule has 1 atom stereocenters. The molecule has 23 heavy (non-hydrogen) atoms. The second-order valence-electron chi connectivity index (χ2n) is 5.67. The van der Waals surface area contributed by atoms with Crippen LogP contribution < -0.4 is 0 Å². The van der Waals surface area contributed by atoms with Crippen LogP contribution in [0.2, 0.25) is 5.02 Å². The molecule has 0 amide bonds. The first-order valence-electron chi connectivity index (χ1n) is 7.51. The Bertz CT molecular complexity index is 782. The maximum absolute atomic E-state index is 6.22. The molecule has 0 fully saturated rings. The lowest BCUT2D eigenvalue weighted by Crippen LogP contribution is -2.25. The Balaban J connectivity index is 0.00000192. The van der Waals surface area contributed by atoms with Crippen molar-refractivity contribution < 1.29 is 0 Å². The minimum absolute atomic E-state index is 0. The van der Waals surface area contributed by atoms with Crippen molar-refractivity contribution in [1.82, 2.24) is 14.7 Å². The summed E-state index contributed by atoms with van der Waals surface area (Å²) in [7, 11) is 4.17. The molecule has 0 radical (unpaired) electrons. The summed E-state index contributed by atoms with van der Waals surface area (Å²) >= 11 is 6.22. The standard InChI is InChI=1S/C18H20ClN3.ClH/c1-4-17(21(2)3)22-16-11-10-14(19)12-15(16)18(20-22)13-8-6-5-7-9-13;/h5-12,17H,4H2,1-3H3;1H. The van der Waals surface area contributed by atoms with Crippen molar-refractivity contribution in [3.8, 4) is 11.3 Å². The number of nitrogens with zero attached hydrogens (tertiary/aromatic N) is 3. The van der Waals surface area contributed by atoms with Gasteiger partial charge in [-0.2, -0.15) is 5.10 Å². The van der Waals surface area contributed by atoms with E-state index in [1.165, 1.54) is 0 Å². The molecule has 2 aromatic carbocycles. The molecule has 0 saturated heterocycles. The lowest BCUT2D eigenvalue weighted by atomic mass is 10.1. The maximum atomic E-state index is 6.22. The Labute approximate surface area is 148 Å². The average molecular weight is 350 g/mol. The van der Waals surface area contributed by atoms with E-state index in [1.807, 2.05) is 30.3 Å². The summed E-state index contributed by atoms with van der Waals surface area (Å²) in [5, 5.41) is 6.74. The molecule has 0 bridgehead atoms. The van der Waals surface area contributed by atoms with E-state index in [4.69, 9.17) is 16.7 Å². The van der Waals surface area contributed by atoms with Crippen LogP contribution in [-0.2, 0) is 0 Å². The van der Waals surface area contributed by atoms with Crippen LogP contribution in [0, 0.1) is 0 Å². The third-order valence-corrected chi connectivity index (χ3v) is 4.19. The Kier molecular flexibility index (Phi) is 5.69. The van der Waals surface area contributed by atoms with Crippen LogP contribution >= 0.6 is 24.0 Å². The van der Waals surface area contributed by atoms with Crippen molar-refractivity contribution >= 4 is 34.9 Å². The van der Waals surface area contributed by atoms with Crippen molar-refractivity contribution in [1.29, 1.82) is 0 Å². The zero-order valence-electron chi connectivity index (χ0n) is 13.5. The fourth-order valence-corrected chi connectivity index (χ4v) is 3.08. The van der Waals surface area contributed by atoms with Crippen LogP contribution in [0.25, 0.3) is 22.2 Å². The van der Waals surface area contributed by atoms with E-state index in [2.05, 4.69) is 48.8 Å². The summed E-state index contributed by atoms with van der Waals surface area (Å²) in [5.74, 6) is 0. The number of fused-ring (bicyclic) bond motifs is 1. The highest BCUT2D eigenvalue weighted by Crippen LogP contribution is 2.32. The number of hydrogen-bond acceptors (Lipinski definition) is 2. The maximum Gasteiger partial charge on any atom is 0.104 e. The highest BCUT2D eigenvalue weighted by atomic mass is 35.5. The van der Waals surface area contributed by atoms with Crippen LogP contribution in [0.5, 0.6) is 0 Å². The van der Waals surface area contributed by atoms with Gasteiger partial charge in [0.25, 0.3) is 0 Å². The molecule has 0 saturated carbocycles. The predicted octanol–water partition coefficient (Wildman–Crippen LogP) is 5.25. The summed E-state index contributed by atoms with van der Waals surface area (Å²) in [4.78, 5) is 2.19. The highest BCUT2D eigenvalue weighted by Gasteiger charge is 2.19. The summed E-state index contributed by atoms with van der Waals surface area (Å²) in [6, 6.07) is 16.3. The quantitative estimate of drug-likeness (QED) is 0.641. The Morgan fingerprint density at radius 2 is 1.83 bits per heavy atom. The predicted molar refractivity (Wildman–Crippen MR) is 100 cm³/mol. The topological polar surface area (TPSA) is 21.1 Å². The van der Waals surface area contributed by atoms with Gasteiger partial charge in [-0.25, -0.2) is 4.68 Å². The summed E-state index contributed by atoms with van der Waals surface area (Å²) in [5.41, 5.74) is 3.21. The van der Waals surface area contributed by atoms with E-state index < -0.39 is 0 Å². The summed E-state index contributed by atoms with van der Waals surface area (Å²) in [6.45, 7) is 2.18. The minimum atomic E-state index is 0. The smallest absolute Gasteiger partial charge is 0.104 e.